The third kappa shape index (κ3) is 3.74. The molecule has 41 heavy (non-hydrogen) atoms. The van der Waals surface area contributed by atoms with Crippen LogP contribution in [0.5, 0.6) is 0 Å². The van der Waals surface area contributed by atoms with Gasteiger partial charge in [0.15, 0.2) is 6.61 Å². The zero-order valence-electron chi connectivity index (χ0n) is 23.5. The molecule has 0 bridgehead atoms. The summed E-state index contributed by atoms with van der Waals surface area (Å²) >= 11 is 0. The molecular formula is C31H35N5O5. The van der Waals surface area contributed by atoms with Crippen molar-refractivity contribution in [2.24, 2.45) is 34.5 Å². The van der Waals surface area contributed by atoms with Crippen molar-refractivity contribution in [3.8, 4) is 11.8 Å². The Morgan fingerprint density at radius 2 is 2.02 bits per heavy atom. The van der Waals surface area contributed by atoms with E-state index in [1.54, 1.807) is 12.4 Å². The van der Waals surface area contributed by atoms with Gasteiger partial charge in [0.05, 0.1) is 42.0 Å². The van der Waals surface area contributed by atoms with Crippen molar-refractivity contribution in [1.29, 1.82) is 5.26 Å². The van der Waals surface area contributed by atoms with Crippen LogP contribution in [0.15, 0.2) is 30.2 Å². The van der Waals surface area contributed by atoms with Gasteiger partial charge in [0, 0.05) is 5.41 Å². The number of carbonyl (C=O) groups is 2. The molecule has 2 aromatic heterocycles. The normalized spacial score (nSPS) is 37.0. The fraction of sp³-hybridized carbons (Fsp3) is 0.613. The predicted molar refractivity (Wildman–Crippen MR) is 145 cm³/mol. The topological polar surface area (TPSA) is 140 Å². The van der Waals surface area contributed by atoms with E-state index < -0.39 is 29.7 Å². The lowest BCUT2D eigenvalue weighted by Crippen LogP contribution is -2.63. The van der Waals surface area contributed by atoms with E-state index >= 15 is 0 Å². The summed E-state index contributed by atoms with van der Waals surface area (Å²) in [4.78, 5) is 26.6. The molecule has 10 heteroatoms. The number of aliphatic hydroxyl groups is 1. The fourth-order valence-electron chi connectivity index (χ4n) is 9.12. The molecule has 10 nitrogen and oxygen atoms in total. The Labute approximate surface area is 238 Å². The Kier molecular flexibility index (Phi) is 5.92. The number of carbonyl (C=O) groups excluding carboxylic acids is 2. The van der Waals surface area contributed by atoms with Gasteiger partial charge in [-0.25, -0.2) is 9.48 Å². The highest BCUT2D eigenvalue weighted by Gasteiger charge is 2.71. The largest absolute Gasteiger partial charge is 0.447 e. The number of allylic oxidation sites excluding steroid dienone is 1. The highest BCUT2D eigenvalue weighted by molar-refractivity contribution is 5.86. The minimum atomic E-state index is -1.49. The molecule has 0 unspecified atom stereocenters. The maximum Gasteiger partial charge on any atom is 0.352 e. The molecule has 0 aromatic carbocycles. The van der Waals surface area contributed by atoms with Crippen LogP contribution >= 0.6 is 0 Å². The third-order valence-electron chi connectivity index (χ3n) is 11.1. The molecule has 7 atom stereocenters. The van der Waals surface area contributed by atoms with E-state index in [2.05, 4.69) is 28.3 Å². The van der Waals surface area contributed by atoms with Crippen molar-refractivity contribution in [3.63, 3.8) is 0 Å². The van der Waals surface area contributed by atoms with Crippen LogP contribution in [0.1, 0.15) is 70.1 Å². The second kappa shape index (κ2) is 9.21. The number of ether oxygens (including phenoxy) is 2. The molecule has 2 aromatic rings. The smallest absolute Gasteiger partial charge is 0.352 e. The van der Waals surface area contributed by atoms with E-state index in [0.29, 0.717) is 19.3 Å². The monoisotopic (exact) mass is 557 g/mol. The Morgan fingerprint density at radius 3 is 2.76 bits per heavy atom. The summed E-state index contributed by atoms with van der Waals surface area (Å²) in [7, 11) is 0. The molecular weight excluding hydrogens is 522 g/mol. The number of fused-ring (bicyclic) bond motifs is 6. The molecule has 5 aliphatic carbocycles. The maximum absolute atomic E-state index is 13.6. The predicted octanol–water partition coefficient (Wildman–Crippen LogP) is 3.57. The molecule has 0 saturated heterocycles. The van der Waals surface area contributed by atoms with Crippen LogP contribution in [0.25, 0.3) is 11.8 Å². The number of hydrogen-bond acceptors (Lipinski definition) is 9. The average molecular weight is 558 g/mol. The van der Waals surface area contributed by atoms with Gasteiger partial charge < -0.3 is 14.6 Å². The van der Waals surface area contributed by atoms with Gasteiger partial charge in [0.2, 0.25) is 5.60 Å². The summed E-state index contributed by atoms with van der Waals surface area (Å²) in [6, 6.07) is 3.76. The fourth-order valence-corrected chi connectivity index (χ4v) is 9.12. The summed E-state index contributed by atoms with van der Waals surface area (Å²) in [6.45, 7) is 3.87. The maximum atomic E-state index is 13.6. The lowest BCUT2D eigenvalue weighted by Gasteiger charge is -2.60. The van der Waals surface area contributed by atoms with Crippen LogP contribution in [0, 0.1) is 45.8 Å². The summed E-state index contributed by atoms with van der Waals surface area (Å²) < 4.78 is 13.4. The SMILES string of the molecule is C[C@]12Cc3cnn(-c4ccnnc4)c3C=C1CC[C@@H]1[C@@H]2[C@@H](O)C[C@@]2(C)[C@H]1CC[C@]2(OC(=O)C1CC1)C(=O)OCC#N. The Morgan fingerprint density at radius 1 is 1.20 bits per heavy atom. The minimum absolute atomic E-state index is 0.00951. The van der Waals surface area contributed by atoms with E-state index in [0.717, 1.165) is 49.0 Å². The van der Waals surface area contributed by atoms with Crippen molar-refractivity contribution < 1.29 is 24.2 Å². The van der Waals surface area contributed by atoms with Gasteiger partial charge in [0.1, 0.15) is 6.07 Å². The average Bonchev–Trinajstić information content (AvgIpc) is 3.67. The number of esters is 2. The molecule has 4 saturated carbocycles. The first-order valence-electron chi connectivity index (χ1n) is 14.7. The molecule has 214 valence electrons. The van der Waals surface area contributed by atoms with Gasteiger partial charge in [-0.3, -0.25) is 4.79 Å². The molecule has 4 fully saturated rings. The number of nitriles is 1. The summed E-state index contributed by atoms with van der Waals surface area (Å²) in [5.41, 5.74) is 1.81. The quantitative estimate of drug-likeness (QED) is 0.546. The molecule has 0 radical (unpaired) electrons. The van der Waals surface area contributed by atoms with Gasteiger partial charge in [-0.2, -0.15) is 20.6 Å². The van der Waals surface area contributed by atoms with Crippen LogP contribution in [-0.2, 0) is 25.5 Å². The first-order chi connectivity index (χ1) is 19.7. The summed E-state index contributed by atoms with van der Waals surface area (Å²) in [5.74, 6) is -0.975. The highest BCUT2D eigenvalue weighted by atomic mass is 16.6. The van der Waals surface area contributed by atoms with Crippen molar-refractivity contribution >= 4 is 18.0 Å². The van der Waals surface area contributed by atoms with E-state index in [1.807, 2.05) is 29.9 Å². The Bertz CT molecular complexity index is 1480. The van der Waals surface area contributed by atoms with Crippen LogP contribution in [0.3, 0.4) is 0 Å². The van der Waals surface area contributed by atoms with Gasteiger partial charge in [-0.05, 0) is 92.2 Å². The van der Waals surface area contributed by atoms with Crippen LogP contribution in [-0.4, -0.2) is 55.3 Å². The van der Waals surface area contributed by atoms with E-state index in [-0.39, 0.29) is 35.1 Å². The third-order valence-corrected chi connectivity index (χ3v) is 11.1. The summed E-state index contributed by atoms with van der Waals surface area (Å²) in [5, 5.41) is 33.7. The molecule has 0 spiro atoms. The number of aromatic nitrogens is 4. The minimum Gasteiger partial charge on any atom is -0.447 e. The molecule has 2 heterocycles. The van der Waals surface area contributed by atoms with E-state index in [9.17, 15) is 14.7 Å². The van der Waals surface area contributed by atoms with Crippen LogP contribution < -0.4 is 0 Å². The van der Waals surface area contributed by atoms with Gasteiger partial charge >= 0.3 is 11.9 Å². The number of rotatable bonds is 5. The van der Waals surface area contributed by atoms with Crippen molar-refractivity contribution in [2.75, 3.05) is 6.61 Å². The highest BCUT2D eigenvalue weighted by Crippen LogP contribution is 2.68. The van der Waals surface area contributed by atoms with Gasteiger partial charge in [0.25, 0.3) is 0 Å². The van der Waals surface area contributed by atoms with Crippen molar-refractivity contribution in [3.05, 3.63) is 41.5 Å². The zero-order valence-corrected chi connectivity index (χ0v) is 23.5. The second-order valence-electron chi connectivity index (χ2n) is 13.2. The molecule has 0 amide bonds. The standard InChI is InChI=1S/C31H35N5O5/c1-29-14-19-16-35-36(21-8-11-33-34-17-21)24(19)13-20(29)5-6-22-23-7-9-31(28(39)40-12-10-32,41-27(38)18-3-4-18)30(23,2)15-25(37)26(22)29/h8,11,13,16-18,22-23,25-26,37H,3-7,9,12,14-15H2,1-2H3/t22-,23-,25-,26+,29-,30-,31-/m0/s1. The van der Waals surface area contributed by atoms with Crippen LogP contribution in [0.4, 0.5) is 0 Å². The molecule has 0 aliphatic heterocycles. The van der Waals surface area contributed by atoms with Gasteiger partial charge in [-0.1, -0.05) is 19.4 Å². The molecule has 7 rings (SSSR count). The zero-order chi connectivity index (χ0) is 28.6. The first kappa shape index (κ1) is 26.3. The number of nitrogens with zero attached hydrogens (tertiary/aromatic N) is 5. The lowest BCUT2D eigenvalue weighted by molar-refractivity contribution is -0.214. The first-order valence-corrected chi connectivity index (χ1v) is 14.7. The van der Waals surface area contributed by atoms with E-state index in [1.165, 1.54) is 5.57 Å². The number of aliphatic hydroxyl groups excluding tert-OH is 1. The van der Waals surface area contributed by atoms with Crippen molar-refractivity contribution in [1.82, 2.24) is 20.0 Å². The Hall–Kier alpha value is -3.58. The van der Waals surface area contributed by atoms with Crippen molar-refractivity contribution in [2.45, 2.75) is 76.9 Å². The Balaban J connectivity index is 1.23. The van der Waals surface area contributed by atoms with Crippen LogP contribution in [0.2, 0.25) is 0 Å². The van der Waals surface area contributed by atoms with Gasteiger partial charge in [-0.15, -0.1) is 0 Å². The van der Waals surface area contributed by atoms with E-state index in [4.69, 9.17) is 14.7 Å². The molecule has 5 aliphatic rings. The second-order valence-corrected chi connectivity index (χ2v) is 13.2. The number of hydrogen-bond donors (Lipinski definition) is 1. The lowest BCUT2D eigenvalue weighted by atomic mass is 9.45. The summed E-state index contributed by atoms with van der Waals surface area (Å²) in [6.07, 6.45) is 12.3. The molecule has 1 N–H and O–H groups in total.